The van der Waals surface area contributed by atoms with Gasteiger partial charge in [-0.25, -0.2) is 0 Å². The zero-order valence-corrected chi connectivity index (χ0v) is 55.5. The zero-order chi connectivity index (χ0) is 59.2. The number of carbonyl (C=O) groups excluding carboxylic acids is 2. The molecule has 6 nitrogen and oxygen atoms in total. The van der Waals surface area contributed by atoms with Gasteiger partial charge in [0.2, 0.25) is 5.91 Å². The van der Waals surface area contributed by atoms with Crippen LogP contribution in [-0.4, -0.2) is 47.4 Å². The van der Waals surface area contributed by atoms with E-state index in [4.69, 9.17) is 4.74 Å². The van der Waals surface area contributed by atoms with Gasteiger partial charge in [-0.2, -0.15) is 0 Å². The van der Waals surface area contributed by atoms with Crippen LogP contribution in [0.3, 0.4) is 0 Å². The highest BCUT2D eigenvalue weighted by Crippen LogP contribution is 2.19. The van der Waals surface area contributed by atoms with Gasteiger partial charge in [0, 0.05) is 12.8 Å². The average Bonchev–Trinajstić information content (AvgIpc) is 3.48. The lowest BCUT2D eigenvalue weighted by Crippen LogP contribution is -2.45. The van der Waals surface area contributed by atoms with Crippen molar-refractivity contribution in [3.05, 3.63) is 36.5 Å². The number of hydrogen-bond acceptors (Lipinski definition) is 5. The van der Waals surface area contributed by atoms with E-state index in [1.54, 1.807) is 6.08 Å². The molecule has 6 heteroatoms. The van der Waals surface area contributed by atoms with Gasteiger partial charge in [0.1, 0.15) is 0 Å². The monoisotopic (exact) mass is 1150 g/mol. The van der Waals surface area contributed by atoms with Crippen LogP contribution in [0.1, 0.15) is 412 Å². The van der Waals surface area contributed by atoms with Crippen molar-refractivity contribution < 1.29 is 24.5 Å². The molecule has 1 amide bonds. The van der Waals surface area contributed by atoms with E-state index in [2.05, 4.69) is 43.5 Å². The maximum Gasteiger partial charge on any atom is 0.305 e. The molecule has 0 aromatic heterocycles. The molecule has 0 rings (SSSR count). The third-order valence-corrected chi connectivity index (χ3v) is 17.4. The number of aliphatic hydroxyl groups excluding tert-OH is 2. The first kappa shape index (κ1) is 80.1. The van der Waals surface area contributed by atoms with Crippen LogP contribution in [0.15, 0.2) is 36.5 Å². The van der Waals surface area contributed by atoms with Gasteiger partial charge in [-0.05, 0) is 83.5 Å². The predicted octanol–water partition coefficient (Wildman–Crippen LogP) is 24.3. The summed E-state index contributed by atoms with van der Waals surface area (Å²) >= 11 is 0. The topological polar surface area (TPSA) is 95.9 Å². The second-order valence-corrected chi connectivity index (χ2v) is 25.6. The SMILES string of the molecule is CCCCCCCCC/C=C\CCCCCCCCCC(=O)OCCCCCCCCCCCCCC/C=C\CCCCCCCCCCCCCCC(=O)NC(CO)C(O)/C=C/CCCCCCCCCCCCCCCCCCC. The summed E-state index contributed by atoms with van der Waals surface area (Å²) in [6, 6.07) is -0.629. The molecule has 0 radical (unpaired) electrons. The van der Waals surface area contributed by atoms with Gasteiger partial charge < -0.3 is 20.3 Å². The Hall–Kier alpha value is -1.92. The summed E-state index contributed by atoms with van der Waals surface area (Å²) in [5, 5.41) is 23.2. The second kappa shape index (κ2) is 71.6. The Bertz CT molecular complexity index is 1330. The Morgan fingerprint density at radius 2 is 0.573 bits per heavy atom. The minimum absolute atomic E-state index is 0.0132. The van der Waals surface area contributed by atoms with Crippen LogP contribution < -0.4 is 5.32 Å². The summed E-state index contributed by atoms with van der Waals surface area (Å²) in [5.74, 6) is -0.0512. The normalized spacial score (nSPS) is 12.7. The van der Waals surface area contributed by atoms with Crippen LogP contribution in [0, 0.1) is 0 Å². The fourth-order valence-electron chi connectivity index (χ4n) is 11.7. The molecule has 0 bridgehead atoms. The lowest BCUT2D eigenvalue weighted by atomic mass is 10.0. The minimum Gasteiger partial charge on any atom is -0.466 e. The Morgan fingerprint density at radius 1 is 0.329 bits per heavy atom. The van der Waals surface area contributed by atoms with Gasteiger partial charge in [-0.1, -0.05) is 352 Å². The number of rotatable bonds is 70. The van der Waals surface area contributed by atoms with E-state index in [9.17, 15) is 19.8 Å². The Morgan fingerprint density at radius 3 is 0.866 bits per heavy atom. The summed E-state index contributed by atoms with van der Waals surface area (Å²) in [6.45, 7) is 4.94. The first-order chi connectivity index (χ1) is 40.5. The fraction of sp³-hybridized carbons (Fsp3) is 0.895. The number of carbonyl (C=O) groups is 2. The third-order valence-electron chi connectivity index (χ3n) is 17.4. The molecule has 2 unspecified atom stereocenters. The molecule has 82 heavy (non-hydrogen) atoms. The molecular formula is C76H145NO5. The van der Waals surface area contributed by atoms with Crippen LogP contribution >= 0.6 is 0 Å². The van der Waals surface area contributed by atoms with Crippen LogP contribution in [0.5, 0.6) is 0 Å². The van der Waals surface area contributed by atoms with Crippen LogP contribution in [0.25, 0.3) is 0 Å². The predicted molar refractivity (Wildman–Crippen MR) is 361 cm³/mol. The summed E-state index contributed by atoms with van der Waals surface area (Å²) < 4.78 is 5.51. The van der Waals surface area contributed by atoms with Crippen molar-refractivity contribution in [2.24, 2.45) is 0 Å². The largest absolute Gasteiger partial charge is 0.466 e. The Kier molecular flexibility index (Phi) is 69.9. The molecule has 0 saturated heterocycles. The van der Waals surface area contributed by atoms with Crippen molar-refractivity contribution in [2.45, 2.75) is 424 Å². The quantitative estimate of drug-likeness (QED) is 0.0320. The maximum absolute atomic E-state index is 12.5. The molecule has 0 fully saturated rings. The third kappa shape index (κ3) is 67.2. The molecule has 0 heterocycles. The van der Waals surface area contributed by atoms with Crippen molar-refractivity contribution in [3.63, 3.8) is 0 Å². The summed E-state index contributed by atoms with van der Waals surface area (Å²) in [7, 11) is 0. The number of hydrogen-bond donors (Lipinski definition) is 3. The summed E-state index contributed by atoms with van der Waals surface area (Å²) in [6.07, 6.45) is 92.4. The average molecular weight is 1150 g/mol. The van der Waals surface area contributed by atoms with Crippen molar-refractivity contribution in [2.75, 3.05) is 13.2 Å². The molecular weight excluding hydrogens is 1010 g/mol. The number of allylic oxidation sites excluding steroid dienone is 5. The molecule has 0 saturated carbocycles. The van der Waals surface area contributed by atoms with E-state index in [1.165, 1.54) is 340 Å². The van der Waals surface area contributed by atoms with Gasteiger partial charge in [0.15, 0.2) is 0 Å². The maximum atomic E-state index is 12.5. The number of ether oxygens (including phenoxy) is 1. The fourth-order valence-corrected chi connectivity index (χ4v) is 11.7. The summed E-state index contributed by atoms with van der Waals surface area (Å²) in [4.78, 5) is 24.6. The highest BCUT2D eigenvalue weighted by molar-refractivity contribution is 5.76. The molecule has 484 valence electrons. The van der Waals surface area contributed by atoms with Gasteiger partial charge >= 0.3 is 5.97 Å². The first-order valence-electron chi connectivity index (χ1n) is 37.3. The van der Waals surface area contributed by atoms with Crippen molar-refractivity contribution in [1.82, 2.24) is 5.32 Å². The zero-order valence-electron chi connectivity index (χ0n) is 55.5. The second-order valence-electron chi connectivity index (χ2n) is 25.6. The molecule has 3 N–H and O–H groups in total. The molecule has 0 aliphatic heterocycles. The number of nitrogens with one attached hydrogen (secondary N) is 1. The summed E-state index contributed by atoms with van der Waals surface area (Å²) in [5.41, 5.74) is 0. The minimum atomic E-state index is -0.845. The van der Waals surface area contributed by atoms with Crippen LogP contribution in [0.4, 0.5) is 0 Å². The van der Waals surface area contributed by atoms with E-state index in [-0.39, 0.29) is 18.5 Å². The van der Waals surface area contributed by atoms with E-state index < -0.39 is 12.1 Å². The Labute approximate surface area is 513 Å². The van der Waals surface area contributed by atoms with E-state index >= 15 is 0 Å². The molecule has 0 spiro atoms. The smallest absolute Gasteiger partial charge is 0.305 e. The van der Waals surface area contributed by atoms with E-state index in [0.717, 1.165) is 44.9 Å². The van der Waals surface area contributed by atoms with Gasteiger partial charge in [0.25, 0.3) is 0 Å². The molecule has 0 aliphatic carbocycles. The molecule has 2 atom stereocenters. The molecule has 0 aliphatic rings. The van der Waals surface area contributed by atoms with Crippen LogP contribution in [0.2, 0.25) is 0 Å². The Balaban J connectivity index is 3.39. The number of esters is 1. The highest BCUT2D eigenvalue weighted by atomic mass is 16.5. The van der Waals surface area contributed by atoms with E-state index in [1.807, 2.05) is 6.08 Å². The van der Waals surface area contributed by atoms with Crippen molar-refractivity contribution >= 4 is 11.9 Å². The highest BCUT2D eigenvalue weighted by Gasteiger charge is 2.18. The number of unbranched alkanes of at least 4 members (excludes halogenated alkanes) is 55. The molecule has 0 aromatic carbocycles. The number of amides is 1. The lowest BCUT2D eigenvalue weighted by molar-refractivity contribution is -0.143. The standard InChI is InChI=1S/C76H145NO5/c1-3-5-7-9-11-13-15-17-19-21-33-36-40-44-48-52-56-60-64-68-74(79)73(72-78)77-75(80)69-65-61-57-53-49-45-41-37-34-31-29-27-25-23-24-26-28-30-32-35-39-43-47-51-55-59-63-67-71-82-76(81)70-66-62-58-54-50-46-42-38-22-20-18-16-14-12-10-8-6-4-2/h20,22-24,64,68,73-74,78-79H,3-19,21,25-63,65-67,69-72H2,1-2H3,(H,77,80)/b22-20-,24-23-,68-64+. The lowest BCUT2D eigenvalue weighted by Gasteiger charge is -2.20. The van der Waals surface area contributed by atoms with Crippen LogP contribution in [-0.2, 0) is 14.3 Å². The van der Waals surface area contributed by atoms with E-state index in [0.29, 0.717) is 19.4 Å². The van der Waals surface area contributed by atoms with Crippen molar-refractivity contribution in [3.8, 4) is 0 Å². The first-order valence-corrected chi connectivity index (χ1v) is 37.3. The number of aliphatic hydroxyl groups is 2. The van der Waals surface area contributed by atoms with Gasteiger partial charge in [0.05, 0.1) is 25.4 Å². The van der Waals surface area contributed by atoms with Gasteiger partial charge in [-0.15, -0.1) is 0 Å². The van der Waals surface area contributed by atoms with Gasteiger partial charge in [-0.3, -0.25) is 9.59 Å². The molecule has 0 aromatic rings. The van der Waals surface area contributed by atoms with Crippen molar-refractivity contribution in [1.29, 1.82) is 0 Å².